The Morgan fingerprint density at radius 2 is 1.51 bits per heavy atom. The number of carboxylic acid groups (broad SMARTS) is 1. The van der Waals surface area contributed by atoms with Crippen molar-refractivity contribution in [2.45, 2.75) is 58.1 Å². The Kier molecular flexibility index (Phi) is 11.3. The molecule has 0 spiro atoms. The number of hydrogen-bond acceptors (Lipinski definition) is 4. The van der Waals surface area contributed by atoms with Gasteiger partial charge in [-0.25, -0.2) is 4.39 Å². The van der Waals surface area contributed by atoms with E-state index in [-0.39, 0.29) is 36.0 Å². The summed E-state index contributed by atoms with van der Waals surface area (Å²) in [5.74, 6) is 5.10. The second-order valence-corrected chi connectivity index (χ2v) is 18.9. The molecule has 0 radical (unpaired) electrons. The molecule has 6 nitrogen and oxygen atoms in total. The maximum atomic E-state index is 13.8. The van der Waals surface area contributed by atoms with Crippen molar-refractivity contribution in [1.82, 2.24) is 4.40 Å². The number of aromatic nitrogens is 1. The number of carbonyl (C=O) groups is 1. The van der Waals surface area contributed by atoms with E-state index in [4.69, 9.17) is 8.95 Å². The lowest BCUT2D eigenvalue weighted by molar-refractivity contribution is -0.138. The lowest BCUT2D eigenvalue weighted by atomic mass is 9.98. The fourth-order valence-electron chi connectivity index (χ4n) is 6.56. The lowest BCUT2D eigenvalue weighted by Gasteiger charge is -2.44. The van der Waals surface area contributed by atoms with Gasteiger partial charge < -0.3 is 13.9 Å². The summed E-state index contributed by atoms with van der Waals surface area (Å²) in [7, 11) is -5.42. The van der Waals surface area contributed by atoms with E-state index in [1.54, 1.807) is 12.1 Å². The van der Waals surface area contributed by atoms with E-state index in [0.717, 1.165) is 38.3 Å². The zero-order chi connectivity index (χ0) is 35.2. The van der Waals surface area contributed by atoms with Crippen molar-refractivity contribution >= 4 is 38.2 Å². The predicted octanol–water partition coefficient (Wildman–Crippen LogP) is 8.40. The molecule has 0 saturated heterocycles. The molecule has 5 aromatic rings. The highest BCUT2D eigenvalue weighted by atomic mass is 31.1. The highest BCUT2D eigenvalue weighted by molar-refractivity contribution is 7.39. The van der Waals surface area contributed by atoms with Gasteiger partial charge in [0.25, 0.3) is 8.32 Å². The van der Waals surface area contributed by atoms with Crippen LogP contribution in [-0.2, 0) is 18.3 Å². The maximum absolute atomic E-state index is 13.8. The largest absolute Gasteiger partial charge is 0.511 e. The Balaban J connectivity index is 1.43. The third kappa shape index (κ3) is 7.93. The van der Waals surface area contributed by atoms with Crippen LogP contribution in [0.25, 0.3) is 16.6 Å². The summed E-state index contributed by atoms with van der Waals surface area (Å²) in [5.41, 5.74) is 4.48. The van der Waals surface area contributed by atoms with Crippen molar-refractivity contribution < 1.29 is 27.8 Å². The molecule has 9 heteroatoms. The molecule has 1 N–H and O–H groups in total. The van der Waals surface area contributed by atoms with Gasteiger partial charge in [0.05, 0.1) is 17.5 Å². The predicted molar refractivity (Wildman–Crippen MR) is 197 cm³/mol. The van der Waals surface area contributed by atoms with Gasteiger partial charge in [0, 0.05) is 17.5 Å². The minimum Gasteiger partial charge on any atom is -0.481 e. The molecule has 0 aliphatic heterocycles. The average Bonchev–Trinajstić information content (AvgIpc) is 3.40. The smallest absolute Gasteiger partial charge is 0.481 e. The van der Waals surface area contributed by atoms with Gasteiger partial charge in [-0.1, -0.05) is 125 Å². The zero-order valence-corrected chi connectivity index (χ0v) is 30.4. The molecule has 2 aromatic heterocycles. The molecule has 0 amide bonds. The molecule has 0 bridgehead atoms. The summed E-state index contributed by atoms with van der Waals surface area (Å²) in [5, 5.41) is 11.5. The molecular weight excluding hydrogens is 653 g/mol. The van der Waals surface area contributed by atoms with Crippen molar-refractivity contribution in [2.75, 3.05) is 12.8 Å². The highest BCUT2D eigenvalue weighted by Gasteiger charge is 2.52. The number of nitrogens with zero attached hydrogens (tertiary/aromatic N) is 1. The van der Waals surface area contributed by atoms with E-state index in [0.29, 0.717) is 0 Å². The lowest BCUT2D eigenvalue weighted by Crippen LogP contribution is -2.68. The Morgan fingerprint density at radius 1 is 0.918 bits per heavy atom. The molecule has 1 unspecified atom stereocenters. The molecule has 49 heavy (non-hydrogen) atoms. The number of carboxylic acids is 1. The van der Waals surface area contributed by atoms with Crippen molar-refractivity contribution in [3.05, 3.63) is 126 Å². The van der Waals surface area contributed by atoms with E-state index in [2.05, 4.69) is 50.9 Å². The SMILES string of the molecule is CC(C)c1c(C#CCO[P+](=O)C[C@H](CC(=O)O)O[Si](c2ccccc2)(c2ccccc2)C(C)(C)C)c(-c2ccc(F)cc2)c2ccccn12. The van der Waals surface area contributed by atoms with Crippen LogP contribution in [0.1, 0.15) is 58.2 Å². The zero-order valence-electron chi connectivity index (χ0n) is 28.5. The second kappa shape index (κ2) is 15.4. The molecule has 3 aromatic carbocycles. The number of pyridine rings is 1. The fraction of sp³-hybridized carbons (Fsp3) is 0.275. The maximum Gasteiger partial charge on any atom is 0.511 e. The van der Waals surface area contributed by atoms with E-state index >= 15 is 0 Å². The van der Waals surface area contributed by atoms with Crippen LogP contribution < -0.4 is 10.4 Å². The number of fused-ring (bicyclic) bond motifs is 1. The van der Waals surface area contributed by atoms with Crippen LogP contribution in [-0.4, -0.2) is 42.7 Å². The van der Waals surface area contributed by atoms with Crippen LogP contribution in [0.3, 0.4) is 0 Å². The van der Waals surface area contributed by atoms with Gasteiger partial charge in [0.2, 0.25) is 6.16 Å². The molecule has 0 fully saturated rings. The first-order chi connectivity index (χ1) is 23.4. The van der Waals surface area contributed by atoms with E-state index in [9.17, 15) is 18.9 Å². The third-order valence-corrected chi connectivity index (χ3v) is 14.8. The van der Waals surface area contributed by atoms with Crippen LogP contribution in [0.4, 0.5) is 4.39 Å². The first-order valence-corrected chi connectivity index (χ1v) is 19.7. The van der Waals surface area contributed by atoms with Crippen LogP contribution in [0.5, 0.6) is 0 Å². The summed E-state index contributed by atoms with van der Waals surface area (Å²) < 4.78 is 42.2. The van der Waals surface area contributed by atoms with Gasteiger partial charge in [0.15, 0.2) is 6.61 Å². The van der Waals surface area contributed by atoms with Gasteiger partial charge in [-0.05, 0) is 55.7 Å². The molecule has 5 rings (SSSR count). The molecule has 0 saturated carbocycles. The Labute approximate surface area is 289 Å². The monoisotopic (exact) mass is 694 g/mol. The number of aliphatic carboxylic acids is 1. The number of hydrogen-bond donors (Lipinski definition) is 1. The summed E-state index contributed by atoms with van der Waals surface area (Å²) >= 11 is 0. The standard InChI is InChI=1S/C40H41FNO5PSi/c1-29(2)39-35(38(30-21-23-31(41)24-22-30)36-20-12-13-25-42(36)39)19-14-26-46-48(45)28-32(27-37(43)44)47-49(40(3,4)5,33-15-8-6-9-16-33)34-17-10-7-11-18-34/h6-13,15-18,20-25,29,32H,26-28H2,1-5H3/p+1/t32-/m0/s1. The Morgan fingerprint density at radius 3 is 2.06 bits per heavy atom. The quantitative estimate of drug-likeness (QED) is 0.0807. The van der Waals surface area contributed by atoms with Crippen LogP contribution in [0, 0.1) is 17.7 Å². The van der Waals surface area contributed by atoms with Gasteiger partial charge in [-0.2, -0.15) is 0 Å². The average molecular weight is 695 g/mol. The fourth-order valence-corrected chi connectivity index (χ4v) is 12.2. The van der Waals surface area contributed by atoms with E-state index in [1.165, 1.54) is 12.1 Å². The molecular formula is C40H42FNO5PSi+. The molecule has 0 aliphatic carbocycles. The van der Waals surface area contributed by atoms with E-state index in [1.807, 2.05) is 85.1 Å². The summed E-state index contributed by atoms with van der Waals surface area (Å²) in [6, 6.07) is 32.2. The van der Waals surface area contributed by atoms with Crippen molar-refractivity contribution in [1.29, 1.82) is 0 Å². The topological polar surface area (TPSA) is 77.2 Å². The van der Waals surface area contributed by atoms with Crippen LogP contribution in [0.15, 0.2) is 109 Å². The Hall–Kier alpha value is -4.38. The van der Waals surface area contributed by atoms with Gasteiger partial charge in [-0.15, -0.1) is 4.52 Å². The van der Waals surface area contributed by atoms with Crippen molar-refractivity contribution in [3.8, 4) is 23.0 Å². The minimum atomic E-state index is -3.11. The van der Waals surface area contributed by atoms with Gasteiger partial charge in [-0.3, -0.25) is 4.79 Å². The van der Waals surface area contributed by atoms with E-state index < -0.39 is 28.4 Å². The number of benzene rings is 3. The molecule has 2 heterocycles. The molecule has 2 atom stereocenters. The number of halogens is 1. The normalized spacial score (nSPS) is 12.8. The summed E-state index contributed by atoms with van der Waals surface area (Å²) in [4.78, 5) is 12.1. The first kappa shape index (κ1) is 35.9. The summed E-state index contributed by atoms with van der Waals surface area (Å²) in [6.07, 6.45) is 0.707. The minimum absolute atomic E-state index is 0.0952. The molecule has 0 aliphatic rings. The molecule has 252 valence electrons. The van der Waals surface area contributed by atoms with Crippen LogP contribution in [0.2, 0.25) is 5.04 Å². The van der Waals surface area contributed by atoms with Gasteiger partial charge >= 0.3 is 14.0 Å². The third-order valence-electron chi connectivity index (χ3n) is 8.57. The van der Waals surface area contributed by atoms with Gasteiger partial charge in [0.1, 0.15) is 11.9 Å². The van der Waals surface area contributed by atoms with Crippen molar-refractivity contribution in [3.63, 3.8) is 0 Å². The number of rotatable bonds is 12. The Bertz CT molecular complexity index is 1940. The first-order valence-electron chi connectivity index (χ1n) is 16.4. The van der Waals surface area contributed by atoms with Crippen molar-refractivity contribution in [2.24, 2.45) is 0 Å². The summed E-state index contributed by atoms with van der Waals surface area (Å²) in [6.45, 7) is 10.4. The second-order valence-electron chi connectivity index (χ2n) is 13.3. The highest BCUT2D eigenvalue weighted by Crippen LogP contribution is 2.40. The van der Waals surface area contributed by atoms with Crippen LogP contribution >= 0.6 is 8.03 Å².